The average molecular weight is 399 g/mol. The summed E-state index contributed by atoms with van der Waals surface area (Å²) in [6.45, 7) is 1.69. The van der Waals surface area contributed by atoms with E-state index >= 15 is 0 Å². The Bertz CT molecular complexity index is 617. The molecule has 1 aliphatic rings. The van der Waals surface area contributed by atoms with Crippen LogP contribution in [0.5, 0.6) is 5.75 Å². The van der Waals surface area contributed by atoms with E-state index in [2.05, 4.69) is 15.9 Å². The molecule has 1 fully saturated rings. The zero-order valence-electron chi connectivity index (χ0n) is 11.8. The van der Waals surface area contributed by atoms with Crippen LogP contribution in [0.25, 0.3) is 0 Å². The second kappa shape index (κ2) is 6.83. The predicted octanol–water partition coefficient (Wildman–Crippen LogP) is 2.77. The summed E-state index contributed by atoms with van der Waals surface area (Å²) in [5, 5.41) is 0.332. The third-order valence-electron chi connectivity index (χ3n) is 3.41. The molecule has 0 saturated carbocycles. The summed E-state index contributed by atoms with van der Waals surface area (Å²) < 4.78 is 37.8. The molecule has 1 heterocycles. The molecular weight excluding hydrogens is 382 g/mol. The Hall–Kier alpha value is -0.340. The summed E-state index contributed by atoms with van der Waals surface area (Å²) in [6, 6.07) is 3.01. The number of nitrogens with zero attached hydrogens (tertiary/aromatic N) is 1. The maximum atomic E-state index is 12.7. The van der Waals surface area contributed by atoms with Crippen molar-refractivity contribution in [2.75, 3.05) is 33.9 Å². The van der Waals surface area contributed by atoms with Crippen molar-refractivity contribution < 1.29 is 17.9 Å². The van der Waals surface area contributed by atoms with E-state index in [9.17, 15) is 8.42 Å². The molecule has 0 radical (unpaired) electrons. The molecular formula is C13H17BrClNO4S. The fourth-order valence-corrected chi connectivity index (χ4v) is 4.90. The Labute approximate surface area is 138 Å². The van der Waals surface area contributed by atoms with Gasteiger partial charge in [0.05, 0.1) is 18.2 Å². The number of rotatable bonds is 5. The molecule has 118 valence electrons. The first kappa shape index (κ1) is 17.0. The van der Waals surface area contributed by atoms with E-state index in [1.165, 1.54) is 17.5 Å². The number of hydrogen-bond acceptors (Lipinski definition) is 4. The molecule has 0 amide bonds. The van der Waals surface area contributed by atoms with Crippen molar-refractivity contribution in [1.29, 1.82) is 0 Å². The van der Waals surface area contributed by atoms with Crippen LogP contribution in [-0.4, -0.2) is 46.6 Å². The molecule has 5 nitrogen and oxygen atoms in total. The third kappa shape index (κ3) is 3.71. The molecule has 1 aliphatic heterocycles. The van der Waals surface area contributed by atoms with Crippen LogP contribution in [-0.2, 0) is 14.8 Å². The highest BCUT2D eigenvalue weighted by atomic mass is 79.9. The van der Waals surface area contributed by atoms with Crippen LogP contribution in [0.15, 0.2) is 21.5 Å². The maximum Gasteiger partial charge on any atom is 0.246 e. The van der Waals surface area contributed by atoms with Crippen molar-refractivity contribution in [3.05, 3.63) is 21.6 Å². The summed E-state index contributed by atoms with van der Waals surface area (Å²) in [4.78, 5) is 0.0609. The zero-order valence-corrected chi connectivity index (χ0v) is 15.0. The Morgan fingerprint density at radius 2 is 2.24 bits per heavy atom. The van der Waals surface area contributed by atoms with Crippen LogP contribution >= 0.6 is 27.5 Å². The molecule has 1 unspecified atom stereocenters. The molecule has 1 aromatic rings. The van der Waals surface area contributed by atoms with Crippen LogP contribution < -0.4 is 4.74 Å². The van der Waals surface area contributed by atoms with Gasteiger partial charge in [-0.3, -0.25) is 0 Å². The van der Waals surface area contributed by atoms with Crippen LogP contribution in [0.4, 0.5) is 0 Å². The first-order chi connectivity index (χ1) is 9.86. The molecule has 0 N–H and O–H groups in total. The minimum absolute atomic E-state index is 0.0609. The Kier molecular flexibility index (Phi) is 5.54. The first-order valence-electron chi connectivity index (χ1n) is 6.43. The van der Waals surface area contributed by atoms with Crippen molar-refractivity contribution in [2.24, 2.45) is 5.92 Å². The largest absolute Gasteiger partial charge is 0.494 e. The van der Waals surface area contributed by atoms with Gasteiger partial charge >= 0.3 is 0 Å². The van der Waals surface area contributed by atoms with Crippen LogP contribution in [0.1, 0.15) is 6.42 Å². The molecule has 0 bridgehead atoms. The highest BCUT2D eigenvalue weighted by Crippen LogP contribution is 2.36. The van der Waals surface area contributed by atoms with Gasteiger partial charge in [0.25, 0.3) is 0 Å². The van der Waals surface area contributed by atoms with E-state index in [1.807, 2.05) is 0 Å². The standard InChI is InChI=1S/C13H17BrClNO4S/c1-16(7-9-3-4-20-8-9)21(17,18)12-6-10(15)5-11(14)13(12)19-2/h5-6,9H,3-4,7-8H2,1-2H3. The molecule has 1 saturated heterocycles. The Morgan fingerprint density at radius 1 is 1.52 bits per heavy atom. The number of hydrogen-bond donors (Lipinski definition) is 0. The van der Waals surface area contributed by atoms with Crippen molar-refractivity contribution in [1.82, 2.24) is 4.31 Å². The molecule has 1 atom stereocenters. The molecule has 0 aliphatic carbocycles. The lowest BCUT2D eigenvalue weighted by molar-refractivity contribution is 0.182. The van der Waals surface area contributed by atoms with Gasteiger partial charge in [0, 0.05) is 25.2 Å². The van der Waals surface area contributed by atoms with E-state index in [4.69, 9.17) is 21.1 Å². The highest BCUT2D eigenvalue weighted by molar-refractivity contribution is 9.10. The van der Waals surface area contributed by atoms with Gasteiger partial charge in [-0.05, 0) is 40.4 Å². The summed E-state index contributed by atoms with van der Waals surface area (Å²) >= 11 is 9.25. The highest BCUT2D eigenvalue weighted by Gasteiger charge is 2.29. The van der Waals surface area contributed by atoms with E-state index in [0.717, 1.165) is 6.42 Å². The normalized spacial score (nSPS) is 19.2. The summed E-state index contributed by atoms with van der Waals surface area (Å²) in [5.74, 6) is 0.479. The number of sulfonamides is 1. The van der Waals surface area contributed by atoms with Gasteiger partial charge in [0.15, 0.2) is 5.75 Å². The van der Waals surface area contributed by atoms with Crippen molar-refractivity contribution >= 4 is 37.6 Å². The topological polar surface area (TPSA) is 55.8 Å². The molecule has 0 spiro atoms. The van der Waals surface area contributed by atoms with Gasteiger partial charge in [0.2, 0.25) is 10.0 Å². The second-order valence-corrected chi connectivity index (χ2v) is 8.24. The number of ether oxygens (including phenoxy) is 2. The van der Waals surface area contributed by atoms with Crippen molar-refractivity contribution in [3.8, 4) is 5.75 Å². The fraction of sp³-hybridized carbons (Fsp3) is 0.538. The lowest BCUT2D eigenvalue weighted by Gasteiger charge is -2.21. The smallest absolute Gasteiger partial charge is 0.246 e. The minimum Gasteiger partial charge on any atom is -0.494 e. The summed E-state index contributed by atoms with van der Waals surface area (Å²) in [6.07, 6.45) is 0.871. The minimum atomic E-state index is -3.68. The van der Waals surface area contributed by atoms with Gasteiger partial charge in [-0.15, -0.1) is 0 Å². The molecule has 21 heavy (non-hydrogen) atoms. The average Bonchev–Trinajstić information content (AvgIpc) is 2.90. The van der Waals surface area contributed by atoms with E-state index < -0.39 is 10.0 Å². The van der Waals surface area contributed by atoms with Crippen LogP contribution in [0.3, 0.4) is 0 Å². The molecule has 0 aromatic heterocycles. The summed E-state index contributed by atoms with van der Waals surface area (Å²) in [7, 11) is -0.690. The number of benzene rings is 1. The van der Waals surface area contributed by atoms with Crippen molar-refractivity contribution in [3.63, 3.8) is 0 Å². The number of halogens is 2. The second-order valence-electron chi connectivity index (χ2n) is 4.93. The van der Waals surface area contributed by atoms with Crippen molar-refractivity contribution in [2.45, 2.75) is 11.3 Å². The molecule has 8 heteroatoms. The molecule has 2 rings (SSSR count). The van der Waals surface area contributed by atoms with E-state index in [0.29, 0.717) is 29.3 Å². The van der Waals surface area contributed by atoms with E-state index in [-0.39, 0.29) is 16.6 Å². The van der Waals surface area contributed by atoms with Gasteiger partial charge in [-0.25, -0.2) is 12.7 Å². The monoisotopic (exact) mass is 397 g/mol. The summed E-state index contributed by atoms with van der Waals surface area (Å²) in [5.41, 5.74) is 0. The molecule has 1 aromatic carbocycles. The zero-order chi connectivity index (χ0) is 15.6. The SMILES string of the molecule is COc1c(Br)cc(Cl)cc1S(=O)(=O)N(C)CC1CCOC1. The van der Waals surface area contributed by atoms with Crippen LogP contribution in [0.2, 0.25) is 5.02 Å². The van der Waals surface area contributed by atoms with Gasteiger partial charge in [0.1, 0.15) is 4.90 Å². The Balaban J connectivity index is 2.34. The third-order valence-corrected chi connectivity index (χ3v) is 6.04. The lowest BCUT2D eigenvalue weighted by atomic mass is 10.1. The van der Waals surface area contributed by atoms with E-state index in [1.54, 1.807) is 13.1 Å². The van der Waals surface area contributed by atoms with Crippen LogP contribution in [0, 0.1) is 5.92 Å². The Morgan fingerprint density at radius 3 is 2.81 bits per heavy atom. The quantitative estimate of drug-likeness (QED) is 0.765. The fourth-order valence-electron chi connectivity index (χ4n) is 2.28. The maximum absolute atomic E-state index is 12.7. The number of methoxy groups -OCH3 is 1. The first-order valence-corrected chi connectivity index (χ1v) is 9.04. The van der Waals surface area contributed by atoms with Gasteiger partial charge in [-0.1, -0.05) is 11.6 Å². The predicted molar refractivity (Wildman–Crippen MR) is 84.4 cm³/mol. The lowest BCUT2D eigenvalue weighted by Crippen LogP contribution is -2.32. The van der Waals surface area contributed by atoms with Gasteiger partial charge < -0.3 is 9.47 Å². The van der Waals surface area contributed by atoms with Gasteiger partial charge in [-0.2, -0.15) is 0 Å².